The van der Waals surface area contributed by atoms with Gasteiger partial charge in [-0.15, -0.1) is 0 Å². The second kappa shape index (κ2) is 3.67. The van der Waals surface area contributed by atoms with Crippen LogP contribution in [0.5, 0.6) is 0 Å². The largest absolute Gasteiger partial charge is 0.252 e. The molecule has 2 aromatic carbocycles. The fourth-order valence-corrected chi connectivity index (χ4v) is 2.83. The highest BCUT2D eigenvalue weighted by Crippen LogP contribution is 2.34. The summed E-state index contributed by atoms with van der Waals surface area (Å²) in [6, 6.07) is 19.3. The average molecular weight is 231 g/mol. The SMILES string of the molecule is c1ccc2c(c1)CCc1nc3ccccc3cc1-2. The van der Waals surface area contributed by atoms with Gasteiger partial charge in [-0.2, -0.15) is 0 Å². The fraction of sp³-hybridized carbons (Fsp3) is 0.118. The predicted molar refractivity (Wildman–Crippen MR) is 74.6 cm³/mol. The highest BCUT2D eigenvalue weighted by Gasteiger charge is 2.17. The van der Waals surface area contributed by atoms with Gasteiger partial charge in [0.15, 0.2) is 0 Å². The molecule has 0 N–H and O–H groups in total. The van der Waals surface area contributed by atoms with Gasteiger partial charge in [-0.05, 0) is 36.1 Å². The summed E-state index contributed by atoms with van der Waals surface area (Å²) in [5, 5.41) is 1.23. The summed E-state index contributed by atoms with van der Waals surface area (Å²) in [6.45, 7) is 0. The van der Waals surface area contributed by atoms with E-state index in [2.05, 4.69) is 54.6 Å². The van der Waals surface area contributed by atoms with Gasteiger partial charge in [0.2, 0.25) is 0 Å². The smallest absolute Gasteiger partial charge is 0.0705 e. The van der Waals surface area contributed by atoms with Crippen LogP contribution in [0.4, 0.5) is 0 Å². The third-order valence-electron chi connectivity index (χ3n) is 3.74. The summed E-state index contributed by atoms with van der Waals surface area (Å²) < 4.78 is 0. The minimum atomic E-state index is 1.05. The minimum Gasteiger partial charge on any atom is -0.252 e. The Morgan fingerprint density at radius 3 is 2.61 bits per heavy atom. The summed E-state index contributed by atoms with van der Waals surface area (Å²) in [7, 11) is 0. The summed E-state index contributed by atoms with van der Waals surface area (Å²) in [4.78, 5) is 4.81. The van der Waals surface area contributed by atoms with Crippen molar-refractivity contribution in [1.82, 2.24) is 4.98 Å². The van der Waals surface area contributed by atoms with Crippen molar-refractivity contribution in [2.45, 2.75) is 12.8 Å². The zero-order chi connectivity index (χ0) is 11.9. The lowest BCUT2D eigenvalue weighted by atomic mass is 9.88. The Kier molecular flexibility index (Phi) is 2.01. The van der Waals surface area contributed by atoms with Crippen molar-refractivity contribution in [3.8, 4) is 11.1 Å². The van der Waals surface area contributed by atoms with Crippen molar-refractivity contribution < 1.29 is 0 Å². The van der Waals surface area contributed by atoms with Gasteiger partial charge in [-0.1, -0.05) is 42.5 Å². The molecule has 0 saturated carbocycles. The lowest BCUT2D eigenvalue weighted by molar-refractivity contribution is 0.905. The number of benzene rings is 2. The van der Waals surface area contributed by atoms with E-state index in [0.717, 1.165) is 18.4 Å². The first-order valence-electron chi connectivity index (χ1n) is 6.39. The predicted octanol–water partition coefficient (Wildman–Crippen LogP) is 4.00. The second-order valence-corrected chi connectivity index (χ2v) is 4.83. The molecule has 3 aromatic rings. The van der Waals surface area contributed by atoms with E-state index < -0.39 is 0 Å². The third kappa shape index (κ3) is 1.37. The number of aromatic nitrogens is 1. The van der Waals surface area contributed by atoms with E-state index in [-0.39, 0.29) is 0 Å². The summed E-state index contributed by atoms with van der Waals surface area (Å²) in [5.74, 6) is 0. The highest BCUT2D eigenvalue weighted by atomic mass is 14.7. The Morgan fingerprint density at radius 1 is 0.778 bits per heavy atom. The molecule has 0 atom stereocenters. The quantitative estimate of drug-likeness (QED) is 0.570. The number of hydrogen-bond acceptors (Lipinski definition) is 1. The monoisotopic (exact) mass is 231 g/mol. The van der Waals surface area contributed by atoms with Crippen molar-refractivity contribution >= 4 is 10.9 Å². The van der Waals surface area contributed by atoms with Gasteiger partial charge in [0.1, 0.15) is 0 Å². The lowest BCUT2D eigenvalue weighted by Gasteiger charge is -2.19. The average Bonchev–Trinajstić information content (AvgIpc) is 2.45. The molecule has 1 aliphatic rings. The van der Waals surface area contributed by atoms with E-state index >= 15 is 0 Å². The van der Waals surface area contributed by atoms with Crippen molar-refractivity contribution in [2.75, 3.05) is 0 Å². The van der Waals surface area contributed by atoms with Crippen LogP contribution >= 0.6 is 0 Å². The maximum Gasteiger partial charge on any atom is 0.0705 e. The first-order valence-corrected chi connectivity index (χ1v) is 6.39. The van der Waals surface area contributed by atoms with Crippen LogP contribution in [-0.2, 0) is 12.8 Å². The molecule has 86 valence electrons. The number of hydrogen-bond donors (Lipinski definition) is 0. The third-order valence-corrected chi connectivity index (χ3v) is 3.74. The number of rotatable bonds is 0. The molecule has 1 aliphatic carbocycles. The van der Waals surface area contributed by atoms with Crippen molar-refractivity contribution in [2.24, 2.45) is 0 Å². The standard InChI is InChI=1S/C17H13N/c1-3-7-14-12(5-1)9-10-17-15(14)11-13-6-2-4-8-16(13)18-17/h1-8,11H,9-10H2. The van der Waals surface area contributed by atoms with Gasteiger partial charge in [0, 0.05) is 16.6 Å². The van der Waals surface area contributed by atoms with Crippen LogP contribution in [0.1, 0.15) is 11.3 Å². The molecule has 1 heteroatoms. The Balaban J connectivity index is 2.06. The molecular formula is C17H13N. The molecule has 18 heavy (non-hydrogen) atoms. The van der Waals surface area contributed by atoms with Gasteiger partial charge in [0.05, 0.1) is 5.52 Å². The summed E-state index contributed by atoms with van der Waals surface area (Å²) in [5.41, 5.74) is 6.47. The molecule has 0 unspecified atom stereocenters. The summed E-state index contributed by atoms with van der Waals surface area (Å²) in [6.07, 6.45) is 2.16. The number of nitrogens with zero attached hydrogens (tertiary/aromatic N) is 1. The van der Waals surface area contributed by atoms with E-state index in [9.17, 15) is 0 Å². The summed E-state index contributed by atoms with van der Waals surface area (Å²) >= 11 is 0. The van der Waals surface area contributed by atoms with E-state index in [1.54, 1.807) is 0 Å². The molecule has 0 radical (unpaired) electrons. The van der Waals surface area contributed by atoms with Crippen LogP contribution in [0.2, 0.25) is 0 Å². The molecule has 0 saturated heterocycles. The van der Waals surface area contributed by atoms with Crippen LogP contribution in [0.15, 0.2) is 54.6 Å². The van der Waals surface area contributed by atoms with Crippen molar-refractivity contribution in [3.63, 3.8) is 0 Å². The molecule has 0 amide bonds. The molecule has 0 fully saturated rings. The van der Waals surface area contributed by atoms with Crippen LogP contribution in [0.25, 0.3) is 22.0 Å². The molecular weight excluding hydrogens is 218 g/mol. The Hall–Kier alpha value is -2.15. The Labute approximate surface area is 106 Å². The van der Waals surface area contributed by atoms with E-state index in [4.69, 9.17) is 4.98 Å². The number of pyridine rings is 1. The lowest BCUT2D eigenvalue weighted by Crippen LogP contribution is -2.06. The second-order valence-electron chi connectivity index (χ2n) is 4.83. The first-order chi connectivity index (χ1) is 8.92. The zero-order valence-electron chi connectivity index (χ0n) is 10.1. The normalized spacial score (nSPS) is 13.1. The number of para-hydroxylation sites is 1. The van der Waals surface area contributed by atoms with E-state index in [1.807, 2.05) is 0 Å². The minimum absolute atomic E-state index is 1.05. The van der Waals surface area contributed by atoms with E-state index in [1.165, 1.54) is 27.8 Å². The van der Waals surface area contributed by atoms with Crippen LogP contribution in [0.3, 0.4) is 0 Å². The molecule has 0 aliphatic heterocycles. The number of aryl methyl sites for hydroxylation is 2. The molecule has 1 aromatic heterocycles. The van der Waals surface area contributed by atoms with Gasteiger partial charge in [-0.3, -0.25) is 4.98 Å². The number of fused-ring (bicyclic) bond motifs is 4. The van der Waals surface area contributed by atoms with Crippen molar-refractivity contribution in [3.05, 3.63) is 65.9 Å². The Morgan fingerprint density at radius 2 is 1.61 bits per heavy atom. The molecule has 0 spiro atoms. The van der Waals surface area contributed by atoms with Gasteiger partial charge < -0.3 is 0 Å². The van der Waals surface area contributed by atoms with Crippen molar-refractivity contribution in [1.29, 1.82) is 0 Å². The van der Waals surface area contributed by atoms with Gasteiger partial charge in [-0.25, -0.2) is 0 Å². The zero-order valence-corrected chi connectivity index (χ0v) is 10.1. The van der Waals surface area contributed by atoms with Crippen LogP contribution in [-0.4, -0.2) is 4.98 Å². The highest BCUT2D eigenvalue weighted by molar-refractivity contribution is 5.86. The van der Waals surface area contributed by atoms with Crippen LogP contribution in [0, 0.1) is 0 Å². The Bertz CT molecular complexity index is 743. The van der Waals surface area contributed by atoms with Gasteiger partial charge >= 0.3 is 0 Å². The first kappa shape index (κ1) is 9.84. The van der Waals surface area contributed by atoms with E-state index in [0.29, 0.717) is 0 Å². The van der Waals surface area contributed by atoms with Gasteiger partial charge in [0.25, 0.3) is 0 Å². The fourth-order valence-electron chi connectivity index (χ4n) is 2.83. The molecule has 4 rings (SSSR count). The maximum atomic E-state index is 4.81. The molecule has 1 heterocycles. The maximum absolute atomic E-state index is 4.81. The molecule has 0 bridgehead atoms. The molecule has 1 nitrogen and oxygen atoms in total. The van der Waals surface area contributed by atoms with Crippen LogP contribution < -0.4 is 0 Å². The topological polar surface area (TPSA) is 12.9 Å².